The van der Waals surface area contributed by atoms with Crippen molar-refractivity contribution in [1.82, 2.24) is 19.8 Å². The summed E-state index contributed by atoms with van der Waals surface area (Å²) in [5.41, 5.74) is 2.95. The first kappa shape index (κ1) is 23.9. The number of hydrogen-bond donors (Lipinski definition) is 1. The van der Waals surface area contributed by atoms with Gasteiger partial charge in [-0.3, -0.25) is 19.6 Å². The van der Waals surface area contributed by atoms with E-state index >= 15 is 0 Å². The fourth-order valence-corrected chi connectivity index (χ4v) is 4.22. The Morgan fingerprint density at radius 3 is 2.38 bits per heavy atom. The fourth-order valence-electron chi connectivity index (χ4n) is 3.66. The van der Waals surface area contributed by atoms with Crippen LogP contribution in [-0.4, -0.2) is 72.8 Å². The fraction of sp³-hybridized carbons (Fsp3) is 0.500. The molecule has 2 heterocycles. The number of likely N-dealkylation sites (tertiary alicyclic amines) is 1. The van der Waals surface area contributed by atoms with E-state index in [2.05, 4.69) is 26.6 Å². The van der Waals surface area contributed by atoms with Gasteiger partial charge in [-0.1, -0.05) is 12.1 Å². The zero-order chi connectivity index (χ0) is 23.3. The molecule has 1 aromatic heterocycles. The molecule has 0 radical (unpaired) electrons. The molecule has 1 aliphatic heterocycles. The second-order valence-corrected chi connectivity index (χ2v) is 10.2. The van der Waals surface area contributed by atoms with Crippen LogP contribution in [0.3, 0.4) is 0 Å². The number of amides is 1. The van der Waals surface area contributed by atoms with Crippen molar-refractivity contribution in [2.75, 3.05) is 31.1 Å². The van der Waals surface area contributed by atoms with Crippen LogP contribution >= 0.6 is 0 Å². The van der Waals surface area contributed by atoms with Gasteiger partial charge in [0.2, 0.25) is 10.0 Å². The maximum Gasteiger partial charge on any atom is 0.410 e. The van der Waals surface area contributed by atoms with Gasteiger partial charge in [0.05, 0.1) is 36.1 Å². The first-order valence-electron chi connectivity index (χ1n) is 10.7. The standard InChI is InChI=1S/C22H31N5O4S/c1-16(2)31-22(28)27-11-9-20(10-12-27)26(3)15-19-13-24-21(14-23-19)17-5-7-18(8-6-17)25-32(4,29)30/h5-8,13-14,16,20,25H,9-12,15H2,1-4H3. The molecular weight excluding hydrogens is 430 g/mol. The molecule has 0 saturated carbocycles. The maximum atomic E-state index is 12.0. The second kappa shape index (κ2) is 10.3. The highest BCUT2D eigenvalue weighted by molar-refractivity contribution is 7.92. The van der Waals surface area contributed by atoms with E-state index in [-0.39, 0.29) is 12.2 Å². The van der Waals surface area contributed by atoms with E-state index in [0.29, 0.717) is 31.4 Å². The average Bonchev–Trinajstić information content (AvgIpc) is 2.73. The predicted molar refractivity (Wildman–Crippen MR) is 124 cm³/mol. The van der Waals surface area contributed by atoms with Crippen LogP contribution in [0.5, 0.6) is 0 Å². The van der Waals surface area contributed by atoms with Crippen molar-refractivity contribution in [1.29, 1.82) is 0 Å². The number of carbonyl (C=O) groups is 1. The van der Waals surface area contributed by atoms with Crippen LogP contribution in [0.2, 0.25) is 0 Å². The largest absolute Gasteiger partial charge is 0.447 e. The Morgan fingerprint density at radius 1 is 1.19 bits per heavy atom. The highest BCUT2D eigenvalue weighted by atomic mass is 32.2. The molecule has 2 aromatic rings. The Hall–Kier alpha value is -2.72. The maximum absolute atomic E-state index is 12.0. The molecule has 1 fully saturated rings. The molecule has 0 atom stereocenters. The second-order valence-electron chi connectivity index (χ2n) is 8.41. The monoisotopic (exact) mass is 461 g/mol. The topological polar surface area (TPSA) is 105 Å². The number of ether oxygens (including phenoxy) is 1. The van der Waals surface area contributed by atoms with Gasteiger partial charge in [0.1, 0.15) is 0 Å². The van der Waals surface area contributed by atoms with Crippen molar-refractivity contribution in [3.63, 3.8) is 0 Å². The van der Waals surface area contributed by atoms with Gasteiger partial charge in [0.15, 0.2) is 0 Å². The lowest BCUT2D eigenvalue weighted by atomic mass is 10.0. The minimum atomic E-state index is -3.30. The van der Waals surface area contributed by atoms with E-state index in [1.807, 2.05) is 13.8 Å². The van der Waals surface area contributed by atoms with E-state index in [1.165, 1.54) is 0 Å². The molecule has 174 valence electrons. The Balaban J connectivity index is 1.53. The number of rotatable bonds is 7. The molecule has 10 heteroatoms. The summed E-state index contributed by atoms with van der Waals surface area (Å²) < 4.78 is 30.4. The zero-order valence-corrected chi connectivity index (χ0v) is 19.8. The number of nitrogens with zero attached hydrogens (tertiary/aromatic N) is 4. The van der Waals surface area contributed by atoms with Crippen molar-refractivity contribution in [3.8, 4) is 11.3 Å². The highest BCUT2D eigenvalue weighted by Crippen LogP contribution is 2.21. The third kappa shape index (κ3) is 6.89. The van der Waals surface area contributed by atoms with E-state index in [1.54, 1.807) is 41.6 Å². The van der Waals surface area contributed by atoms with E-state index in [9.17, 15) is 13.2 Å². The van der Waals surface area contributed by atoms with Crippen LogP contribution in [0.4, 0.5) is 10.5 Å². The van der Waals surface area contributed by atoms with Crippen molar-refractivity contribution in [2.45, 2.75) is 45.4 Å². The molecule has 0 bridgehead atoms. The number of hydrogen-bond acceptors (Lipinski definition) is 7. The van der Waals surface area contributed by atoms with Crippen molar-refractivity contribution in [3.05, 3.63) is 42.4 Å². The van der Waals surface area contributed by atoms with Crippen molar-refractivity contribution in [2.24, 2.45) is 0 Å². The number of benzene rings is 1. The Bertz CT molecular complexity index is 1000. The molecule has 1 saturated heterocycles. The summed E-state index contributed by atoms with van der Waals surface area (Å²) in [4.78, 5) is 25.1. The summed E-state index contributed by atoms with van der Waals surface area (Å²) >= 11 is 0. The van der Waals surface area contributed by atoms with E-state index < -0.39 is 10.0 Å². The molecule has 9 nitrogen and oxygen atoms in total. The summed E-state index contributed by atoms with van der Waals surface area (Å²) in [6.45, 7) is 5.77. The zero-order valence-electron chi connectivity index (χ0n) is 19.0. The number of aromatic nitrogens is 2. The summed E-state index contributed by atoms with van der Waals surface area (Å²) in [6, 6.07) is 7.38. The quantitative estimate of drug-likeness (QED) is 0.676. The predicted octanol–water partition coefficient (Wildman–Crippen LogP) is 2.96. The van der Waals surface area contributed by atoms with Gasteiger partial charge in [-0.25, -0.2) is 13.2 Å². The molecule has 0 spiro atoms. The van der Waals surface area contributed by atoms with Crippen LogP contribution in [-0.2, 0) is 21.3 Å². The average molecular weight is 462 g/mol. The third-order valence-corrected chi connectivity index (χ3v) is 5.89. The number of anilines is 1. The van der Waals surface area contributed by atoms with E-state index in [0.717, 1.165) is 36.0 Å². The summed E-state index contributed by atoms with van der Waals surface area (Å²) in [5.74, 6) is 0. The molecule has 1 N–H and O–H groups in total. The van der Waals surface area contributed by atoms with Gasteiger partial charge >= 0.3 is 6.09 Å². The minimum Gasteiger partial charge on any atom is -0.447 e. The molecular formula is C22H31N5O4S. The van der Waals surface area contributed by atoms with Gasteiger partial charge < -0.3 is 9.64 Å². The normalized spacial score (nSPS) is 15.2. The summed E-state index contributed by atoms with van der Waals surface area (Å²) in [5, 5.41) is 0. The molecule has 1 aliphatic rings. The Kier molecular flexibility index (Phi) is 7.68. The molecule has 0 unspecified atom stereocenters. The van der Waals surface area contributed by atoms with Gasteiger partial charge in [0.25, 0.3) is 0 Å². The third-order valence-electron chi connectivity index (χ3n) is 5.28. The number of nitrogens with one attached hydrogen (secondary N) is 1. The molecule has 3 rings (SSSR count). The number of piperidine rings is 1. The van der Waals surface area contributed by atoms with Gasteiger partial charge in [-0.15, -0.1) is 0 Å². The molecule has 1 aromatic carbocycles. The lowest BCUT2D eigenvalue weighted by molar-refractivity contribution is 0.0575. The smallest absolute Gasteiger partial charge is 0.410 e. The van der Waals surface area contributed by atoms with Crippen molar-refractivity contribution >= 4 is 21.8 Å². The Labute approximate surface area is 189 Å². The first-order valence-corrected chi connectivity index (χ1v) is 12.5. The van der Waals surface area contributed by atoms with Gasteiger partial charge in [0, 0.05) is 36.9 Å². The van der Waals surface area contributed by atoms with Crippen LogP contribution in [0.15, 0.2) is 36.7 Å². The molecule has 32 heavy (non-hydrogen) atoms. The van der Waals surface area contributed by atoms with Gasteiger partial charge in [-0.2, -0.15) is 0 Å². The Morgan fingerprint density at radius 2 is 1.84 bits per heavy atom. The SMILES string of the molecule is CC(C)OC(=O)N1CCC(N(C)Cc2cnc(-c3ccc(NS(C)(=O)=O)cc3)cn2)CC1. The van der Waals surface area contributed by atoms with E-state index in [4.69, 9.17) is 4.74 Å². The van der Waals surface area contributed by atoms with Crippen LogP contribution < -0.4 is 4.72 Å². The van der Waals surface area contributed by atoms with Crippen LogP contribution in [0, 0.1) is 0 Å². The number of sulfonamides is 1. The first-order chi connectivity index (χ1) is 15.1. The lowest BCUT2D eigenvalue weighted by Gasteiger charge is -2.36. The van der Waals surface area contributed by atoms with Crippen molar-refractivity contribution < 1.29 is 17.9 Å². The molecule has 0 aliphatic carbocycles. The van der Waals surface area contributed by atoms with Crippen LogP contribution in [0.25, 0.3) is 11.3 Å². The number of carbonyl (C=O) groups excluding carboxylic acids is 1. The highest BCUT2D eigenvalue weighted by Gasteiger charge is 2.26. The molecule has 1 amide bonds. The lowest BCUT2D eigenvalue weighted by Crippen LogP contribution is -2.46. The minimum absolute atomic E-state index is 0.105. The summed E-state index contributed by atoms with van der Waals surface area (Å²) in [6.07, 6.45) is 6.06. The van der Waals surface area contributed by atoms with Gasteiger partial charge in [-0.05, 0) is 45.9 Å². The summed E-state index contributed by atoms with van der Waals surface area (Å²) in [7, 11) is -1.24. The van der Waals surface area contributed by atoms with Crippen LogP contribution in [0.1, 0.15) is 32.4 Å².